The highest BCUT2D eigenvalue weighted by Crippen LogP contribution is 2.22. The fourth-order valence-corrected chi connectivity index (χ4v) is 2.01. The quantitative estimate of drug-likeness (QED) is 0.776. The van der Waals surface area contributed by atoms with Crippen LogP contribution in [0, 0.1) is 5.92 Å². The maximum Gasteiger partial charge on any atom is 0.251 e. The summed E-state index contributed by atoms with van der Waals surface area (Å²) in [5, 5.41) is 2.99. The van der Waals surface area contributed by atoms with Gasteiger partial charge in [-0.05, 0) is 37.5 Å². The van der Waals surface area contributed by atoms with Crippen LogP contribution in [-0.4, -0.2) is 19.1 Å². The molecule has 0 fully saturated rings. The minimum Gasteiger partial charge on any atom is -0.495 e. The lowest BCUT2D eigenvalue weighted by Crippen LogP contribution is -2.33. The van der Waals surface area contributed by atoms with Crippen LogP contribution >= 0.6 is 0 Å². The Labute approximate surface area is 115 Å². The molecule has 4 nitrogen and oxygen atoms in total. The lowest BCUT2D eigenvalue weighted by atomic mass is 10.00. The summed E-state index contributed by atoms with van der Waals surface area (Å²) >= 11 is 0. The zero-order valence-electron chi connectivity index (χ0n) is 12.2. The molecule has 0 radical (unpaired) electrons. The lowest BCUT2D eigenvalue weighted by molar-refractivity contribution is 0.0935. The van der Waals surface area contributed by atoms with Gasteiger partial charge < -0.3 is 15.8 Å². The summed E-state index contributed by atoms with van der Waals surface area (Å²) < 4.78 is 5.07. The first-order valence-electron chi connectivity index (χ1n) is 6.72. The van der Waals surface area contributed by atoms with E-state index < -0.39 is 0 Å². The second kappa shape index (κ2) is 7.02. The summed E-state index contributed by atoms with van der Waals surface area (Å²) in [6.07, 6.45) is 2.10. The van der Waals surface area contributed by atoms with Crippen molar-refractivity contribution in [1.29, 1.82) is 0 Å². The van der Waals surface area contributed by atoms with Crippen molar-refractivity contribution in [3.63, 3.8) is 0 Å². The standard InChI is InChI=1S/C15H24N2O2/c1-5-10(2)8-11(3)17-15(18)12-6-7-14(19-4)13(16)9-12/h6-7,9-11H,5,8,16H2,1-4H3,(H,17,18). The highest BCUT2D eigenvalue weighted by molar-refractivity contribution is 5.95. The number of nitrogens with one attached hydrogen (secondary N) is 1. The number of hydrogen-bond acceptors (Lipinski definition) is 3. The van der Waals surface area contributed by atoms with Gasteiger partial charge in [-0.1, -0.05) is 20.3 Å². The van der Waals surface area contributed by atoms with E-state index in [1.165, 1.54) is 0 Å². The molecular weight excluding hydrogens is 240 g/mol. The molecule has 0 aliphatic rings. The second-order valence-corrected chi connectivity index (χ2v) is 5.08. The SMILES string of the molecule is CCC(C)CC(C)NC(=O)c1ccc(OC)c(N)c1. The van der Waals surface area contributed by atoms with Crippen LogP contribution in [0.4, 0.5) is 5.69 Å². The maximum absolute atomic E-state index is 12.1. The van der Waals surface area contributed by atoms with Gasteiger partial charge in [0.05, 0.1) is 12.8 Å². The highest BCUT2D eigenvalue weighted by Gasteiger charge is 2.13. The molecule has 1 rings (SSSR count). The van der Waals surface area contributed by atoms with Crippen molar-refractivity contribution in [3.05, 3.63) is 23.8 Å². The minimum atomic E-state index is -0.0924. The first-order chi connectivity index (χ1) is 8.97. The van der Waals surface area contributed by atoms with Gasteiger partial charge in [0.25, 0.3) is 5.91 Å². The molecule has 4 heteroatoms. The van der Waals surface area contributed by atoms with Crippen LogP contribution in [0.15, 0.2) is 18.2 Å². The molecule has 106 valence electrons. The van der Waals surface area contributed by atoms with E-state index in [4.69, 9.17) is 10.5 Å². The molecule has 2 unspecified atom stereocenters. The molecule has 19 heavy (non-hydrogen) atoms. The van der Waals surface area contributed by atoms with Crippen molar-refractivity contribution in [3.8, 4) is 5.75 Å². The van der Waals surface area contributed by atoms with Gasteiger partial charge in [0.1, 0.15) is 5.75 Å². The number of hydrogen-bond donors (Lipinski definition) is 2. The third kappa shape index (κ3) is 4.47. The van der Waals surface area contributed by atoms with E-state index in [1.807, 2.05) is 6.92 Å². The van der Waals surface area contributed by atoms with E-state index in [1.54, 1.807) is 25.3 Å². The van der Waals surface area contributed by atoms with E-state index >= 15 is 0 Å². The van der Waals surface area contributed by atoms with Gasteiger partial charge in [0.15, 0.2) is 0 Å². The monoisotopic (exact) mass is 264 g/mol. The van der Waals surface area contributed by atoms with E-state index in [2.05, 4.69) is 19.2 Å². The summed E-state index contributed by atoms with van der Waals surface area (Å²) in [6, 6.07) is 5.24. The van der Waals surface area contributed by atoms with Gasteiger partial charge in [0, 0.05) is 11.6 Å². The number of anilines is 1. The van der Waals surface area contributed by atoms with Gasteiger partial charge in [-0.3, -0.25) is 4.79 Å². The highest BCUT2D eigenvalue weighted by atomic mass is 16.5. The molecule has 1 aromatic rings. The van der Waals surface area contributed by atoms with Crippen LogP contribution in [0.25, 0.3) is 0 Å². The summed E-state index contributed by atoms with van der Waals surface area (Å²) in [6.45, 7) is 6.37. The average Bonchev–Trinajstić information content (AvgIpc) is 2.38. The Balaban J connectivity index is 2.65. The predicted molar refractivity (Wildman–Crippen MR) is 78.4 cm³/mol. The number of methoxy groups -OCH3 is 1. The second-order valence-electron chi connectivity index (χ2n) is 5.08. The first kappa shape index (κ1) is 15.3. The Morgan fingerprint density at radius 1 is 1.42 bits per heavy atom. The molecule has 0 aromatic heterocycles. The number of amides is 1. The Morgan fingerprint density at radius 2 is 2.11 bits per heavy atom. The molecule has 0 aliphatic carbocycles. The van der Waals surface area contributed by atoms with Crippen molar-refractivity contribution in [2.45, 2.75) is 39.7 Å². The predicted octanol–water partition coefficient (Wildman–Crippen LogP) is 2.83. The number of carbonyl (C=O) groups excluding carboxylic acids is 1. The molecule has 1 aromatic carbocycles. The smallest absolute Gasteiger partial charge is 0.251 e. The molecule has 0 saturated carbocycles. The number of benzene rings is 1. The van der Waals surface area contributed by atoms with E-state index in [-0.39, 0.29) is 11.9 Å². The van der Waals surface area contributed by atoms with Crippen LogP contribution in [0.3, 0.4) is 0 Å². The number of nitrogen functional groups attached to an aromatic ring is 1. The Kier molecular flexibility index (Phi) is 5.67. The molecule has 3 N–H and O–H groups in total. The van der Waals surface area contributed by atoms with Crippen molar-refractivity contribution in [2.24, 2.45) is 5.92 Å². The van der Waals surface area contributed by atoms with Crippen molar-refractivity contribution in [2.75, 3.05) is 12.8 Å². The third-order valence-corrected chi connectivity index (χ3v) is 3.32. The van der Waals surface area contributed by atoms with Gasteiger partial charge in [0.2, 0.25) is 0 Å². The van der Waals surface area contributed by atoms with Crippen LogP contribution in [0.2, 0.25) is 0 Å². The van der Waals surface area contributed by atoms with Crippen LogP contribution in [-0.2, 0) is 0 Å². The summed E-state index contributed by atoms with van der Waals surface area (Å²) in [5.74, 6) is 1.10. The zero-order chi connectivity index (χ0) is 14.4. The normalized spacial score (nSPS) is 13.7. The Bertz CT molecular complexity index is 432. The molecule has 0 spiro atoms. The van der Waals surface area contributed by atoms with E-state index in [0.717, 1.165) is 12.8 Å². The minimum absolute atomic E-state index is 0.0924. The fraction of sp³-hybridized carbons (Fsp3) is 0.533. The van der Waals surface area contributed by atoms with Crippen molar-refractivity contribution < 1.29 is 9.53 Å². The summed E-state index contributed by atoms with van der Waals surface area (Å²) in [7, 11) is 1.56. The van der Waals surface area contributed by atoms with E-state index in [0.29, 0.717) is 22.9 Å². The average molecular weight is 264 g/mol. The van der Waals surface area contributed by atoms with Crippen molar-refractivity contribution in [1.82, 2.24) is 5.32 Å². The molecule has 1 amide bonds. The molecular formula is C15H24N2O2. The fourth-order valence-electron chi connectivity index (χ4n) is 2.01. The van der Waals surface area contributed by atoms with Crippen LogP contribution in [0.5, 0.6) is 5.75 Å². The molecule has 0 bridgehead atoms. The molecule has 0 saturated heterocycles. The topological polar surface area (TPSA) is 64.3 Å². The zero-order valence-corrected chi connectivity index (χ0v) is 12.2. The third-order valence-electron chi connectivity index (χ3n) is 3.32. The summed E-state index contributed by atoms with van der Waals surface area (Å²) in [4.78, 5) is 12.1. The van der Waals surface area contributed by atoms with Crippen molar-refractivity contribution >= 4 is 11.6 Å². The first-order valence-corrected chi connectivity index (χ1v) is 6.72. The Hall–Kier alpha value is -1.71. The van der Waals surface area contributed by atoms with Gasteiger partial charge in [-0.15, -0.1) is 0 Å². The Morgan fingerprint density at radius 3 is 2.63 bits per heavy atom. The largest absolute Gasteiger partial charge is 0.495 e. The number of ether oxygens (including phenoxy) is 1. The number of nitrogens with two attached hydrogens (primary N) is 1. The van der Waals surface area contributed by atoms with Crippen LogP contribution in [0.1, 0.15) is 44.0 Å². The van der Waals surface area contributed by atoms with Gasteiger partial charge >= 0.3 is 0 Å². The number of carbonyl (C=O) groups is 1. The maximum atomic E-state index is 12.1. The lowest BCUT2D eigenvalue weighted by Gasteiger charge is -2.17. The van der Waals surface area contributed by atoms with Gasteiger partial charge in [-0.25, -0.2) is 0 Å². The van der Waals surface area contributed by atoms with E-state index in [9.17, 15) is 4.79 Å². The summed E-state index contributed by atoms with van der Waals surface area (Å²) in [5.41, 5.74) is 6.84. The molecule has 0 heterocycles. The molecule has 2 atom stereocenters. The van der Waals surface area contributed by atoms with Crippen LogP contribution < -0.4 is 15.8 Å². The molecule has 0 aliphatic heterocycles. The van der Waals surface area contributed by atoms with Gasteiger partial charge in [-0.2, -0.15) is 0 Å². The number of rotatable bonds is 6.